The number of benzene rings is 2. The van der Waals surface area contributed by atoms with Crippen LogP contribution in [0.15, 0.2) is 47.4 Å². The lowest BCUT2D eigenvalue weighted by atomic mass is 10.1. The van der Waals surface area contributed by atoms with Crippen LogP contribution in [0.1, 0.15) is 17.5 Å². The highest BCUT2D eigenvalue weighted by molar-refractivity contribution is 7.89. The standard InChI is InChI=1S/C20H24N4O4S/c21-17-2-1-15-11-24(12-16(15)9-17)20(25)23-18-3-5-19(6-4-18)29(26,27)22-10-14-7-8-28-13-14/h1-6,9,14,22H,7-8,10-13,21H2,(H,23,25). The van der Waals surface area contributed by atoms with Gasteiger partial charge in [0, 0.05) is 37.6 Å². The maximum absolute atomic E-state index is 12.5. The lowest BCUT2D eigenvalue weighted by Gasteiger charge is -2.16. The molecule has 0 radical (unpaired) electrons. The summed E-state index contributed by atoms with van der Waals surface area (Å²) in [5.41, 5.74) is 9.14. The number of hydrogen-bond donors (Lipinski definition) is 3. The van der Waals surface area contributed by atoms with Crippen LogP contribution in [0.25, 0.3) is 0 Å². The van der Waals surface area contributed by atoms with Gasteiger partial charge in [-0.3, -0.25) is 0 Å². The van der Waals surface area contributed by atoms with Crippen molar-refractivity contribution >= 4 is 27.4 Å². The summed E-state index contributed by atoms with van der Waals surface area (Å²) in [7, 11) is -3.59. The van der Waals surface area contributed by atoms with Gasteiger partial charge in [-0.1, -0.05) is 6.07 Å². The number of nitrogens with two attached hydrogens (primary N) is 1. The Bertz CT molecular complexity index is 1000. The number of ether oxygens (including phenoxy) is 1. The number of hydrogen-bond acceptors (Lipinski definition) is 5. The van der Waals surface area contributed by atoms with Crippen LogP contribution in [0, 0.1) is 5.92 Å². The van der Waals surface area contributed by atoms with E-state index in [4.69, 9.17) is 10.5 Å². The summed E-state index contributed by atoms with van der Waals surface area (Å²) < 4.78 is 32.7. The van der Waals surface area contributed by atoms with Crippen molar-refractivity contribution in [3.05, 3.63) is 53.6 Å². The molecule has 8 nitrogen and oxygen atoms in total. The molecule has 1 unspecified atom stereocenters. The second kappa shape index (κ2) is 8.02. The van der Waals surface area contributed by atoms with Gasteiger partial charge in [0.25, 0.3) is 0 Å². The highest BCUT2D eigenvalue weighted by atomic mass is 32.2. The third-order valence-corrected chi connectivity index (χ3v) is 6.68. The van der Waals surface area contributed by atoms with Gasteiger partial charge in [0.2, 0.25) is 10.0 Å². The van der Waals surface area contributed by atoms with Crippen molar-refractivity contribution in [2.45, 2.75) is 24.4 Å². The van der Waals surface area contributed by atoms with E-state index in [-0.39, 0.29) is 16.8 Å². The molecule has 2 aromatic rings. The molecule has 29 heavy (non-hydrogen) atoms. The fourth-order valence-corrected chi connectivity index (χ4v) is 4.65. The molecule has 0 bridgehead atoms. The Morgan fingerprint density at radius 1 is 1.14 bits per heavy atom. The molecule has 2 aliphatic heterocycles. The maximum atomic E-state index is 12.5. The molecule has 154 valence electrons. The number of nitrogen functional groups attached to an aromatic ring is 1. The van der Waals surface area contributed by atoms with E-state index in [9.17, 15) is 13.2 Å². The Morgan fingerprint density at radius 3 is 2.62 bits per heavy atom. The normalized spacial score (nSPS) is 18.6. The van der Waals surface area contributed by atoms with Crippen LogP contribution in [-0.2, 0) is 27.8 Å². The number of amides is 2. The number of carbonyl (C=O) groups is 1. The van der Waals surface area contributed by atoms with Gasteiger partial charge in [0.1, 0.15) is 0 Å². The van der Waals surface area contributed by atoms with Crippen molar-refractivity contribution in [1.29, 1.82) is 0 Å². The van der Waals surface area contributed by atoms with Gasteiger partial charge in [-0.25, -0.2) is 17.9 Å². The van der Waals surface area contributed by atoms with Crippen LogP contribution in [0.4, 0.5) is 16.2 Å². The summed E-state index contributed by atoms with van der Waals surface area (Å²) in [5, 5.41) is 2.81. The van der Waals surface area contributed by atoms with E-state index in [1.807, 2.05) is 18.2 Å². The molecule has 2 aromatic carbocycles. The van der Waals surface area contributed by atoms with Crippen LogP contribution in [-0.4, -0.2) is 39.1 Å². The fourth-order valence-electron chi connectivity index (χ4n) is 3.53. The molecule has 9 heteroatoms. The third kappa shape index (κ3) is 4.52. The van der Waals surface area contributed by atoms with E-state index in [2.05, 4.69) is 10.0 Å². The molecule has 2 heterocycles. The van der Waals surface area contributed by atoms with Crippen molar-refractivity contribution in [1.82, 2.24) is 9.62 Å². The van der Waals surface area contributed by atoms with Gasteiger partial charge >= 0.3 is 6.03 Å². The van der Waals surface area contributed by atoms with Crippen LogP contribution < -0.4 is 15.8 Å². The first kappa shape index (κ1) is 19.7. The minimum atomic E-state index is -3.59. The molecule has 2 aliphatic rings. The molecule has 1 atom stereocenters. The Kier molecular flexibility index (Phi) is 5.44. The van der Waals surface area contributed by atoms with Crippen LogP contribution in [0.5, 0.6) is 0 Å². The maximum Gasteiger partial charge on any atom is 0.322 e. The van der Waals surface area contributed by atoms with E-state index in [0.717, 1.165) is 17.5 Å². The van der Waals surface area contributed by atoms with E-state index >= 15 is 0 Å². The van der Waals surface area contributed by atoms with Gasteiger partial charge in [-0.2, -0.15) is 0 Å². The third-order valence-electron chi connectivity index (χ3n) is 5.24. The highest BCUT2D eigenvalue weighted by Gasteiger charge is 2.24. The molecule has 0 saturated carbocycles. The average molecular weight is 417 g/mol. The first-order chi connectivity index (χ1) is 13.9. The molecular weight excluding hydrogens is 392 g/mol. The van der Waals surface area contributed by atoms with Gasteiger partial charge in [0.05, 0.1) is 11.5 Å². The molecule has 0 aromatic heterocycles. The van der Waals surface area contributed by atoms with E-state index in [1.165, 1.54) is 12.1 Å². The van der Waals surface area contributed by atoms with Crippen molar-refractivity contribution in [3.63, 3.8) is 0 Å². The number of fused-ring (bicyclic) bond motifs is 1. The molecular formula is C20H24N4O4S. The van der Waals surface area contributed by atoms with Gasteiger partial charge in [-0.15, -0.1) is 0 Å². The smallest absolute Gasteiger partial charge is 0.322 e. The van der Waals surface area contributed by atoms with E-state index in [1.54, 1.807) is 17.0 Å². The van der Waals surface area contributed by atoms with Gasteiger partial charge < -0.3 is 20.7 Å². The second-order valence-electron chi connectivity index (χ2n) is 7.42. The van der Waals surface area contributed by atoms with Crippen molar-refractivity contribution in [2.24, 2.45) is 5.92 Å². The largest absolute Gasteiger partial charge is 0.399 e. The quantitative estimate of drug-likeness (QED) is 0.646. The minimum absolute atomic E-state index is 0.165. The molecule has 2 amide bonds. The number of anilines is 2. The number of nitrogens with zero attached hydrogens (tertiary/aromatic N) is 1. The van der Waals surface area contributed by atoms with Gasteiger partial charge in [0.15, 0.2) is 0 Å². The summed E-state index contributed by atoms with van der Waals surface area (Å²) in [6.45, 7) is 2.63. The fraction of sp³-hybridized carbons (Fsp3) is 0.350. The monoisotopic (exact) mass is 416 g/mol. The lowest BCUT2D eigenvalue weighted by molar-refractivity contribution is 0.186. The zero-order chi connectivity index (χ0) is 20.4. The lowest BCUT2D eigenvalue weighted by Crippen LogP contribution is -2.30. The number of nitrogens with one attached hydrogen (secondary N) is 2. The Morgan fingerprint density at radius 2 is 1.90 bits per heavy atom. The molecule has 0 aliphatic carbocycles. The Hall–Kier alpha value is -2.62. The highest BCUT2D eigenvalue weighted by Crippen LogP contribution is 2.25. The summed E-state index contributed by atoms with van der Waals surface area (Å²) in [6.07, 6.45) is 0.862. The van der Waals surface area contributed by atoms with E-state index < -0.39 is 10.0 Å². The Labute approximate surface area is 170 Å². The van der Waals surface area contributed by atoms with Crippen LogP contribution >= 0.6 is 0 Å². The van der Waals surface area contributed by atoms with E-state index in [0.29, 0.717) is 44.2 Å². The number of carbonyl (C=O) groups excluding carboxylic acids is 1. The Balaban J connectivity index is 1.35. The summed E-state index contributed by atoms with van der Waals surface area (Å²) >= 11 is 0. The predicted molar refractivity (Wildman–Crippen MR) is 110 cm³/mol. The average Bonchev–Trinajstić information content (AvgIpc) is 3.36. The van der Waals surface area contributed by atoms with Gasteiger partial charge in [-0.05, 0) is 59.9 Å². The first-order valence-corrected chi connectivity index (χ1v) is 11.0. The van der Waals surface area contributed by atoms with Crippen molar-refractivity contribution in [2.75, 3.05) is 30.8 Å². The number of sulfonamides is 1. The van der Waals surface area contributed by atoms with Crippen molar-refractivity contribution in [3.8, 4) is 0 Å². The summed E-state index contributed by atoms with van der Waals surface area (Å²) in [5.74, 6) is 0.211. The predicted octanol–water partition coefficient (Wildman–Crippen LogP) is 2.13. The first-order valence-electron chi connectivity index (χ1n) is 9.51. The SMILES string of the molecule is Nc1ccc2c(c1)CN(C(=O)Nc1ccc(S(=O)(=O)NCC3CCOC3)cc1)C2. The molecule has 0 spiro atoms. The zero-order valence-corrected chi connectivity index (χ0v) is 16.7. The summed E-state index contributed by atoms with van der Waals surface area (Å²) in [6, 6.07) is 11.6. The second-order valence-corrected chi connectivity index (χ2v) is 9.19. The topological polar surface area (TPSA) is 114 Å². The molecule has 4 N–H and O–H groups in total. The van der Waals surface area contributed by atoms with Crippen molar-refractivity contribution < 1.29 is 17.9 Å². The number of rotatable bonds is 5. The minimum Gasteiger partial charge on any atom is -0.399 e. The zero-order valence-electron chi connectivity index (χ0n) is 15.9. The number of urea groups is 1. The van der Waals surface area contributed by atoms with Crippen LogP contribution in [0.3, 0.4) is 0 Å². The summed E-state index contributed by atoms with van der Waals surface area (Å²) in [4.78, 5) is 14.4. The molecule has 4 rings (SSSR count). The molecule has 1 saturated heterocycles. The molecule has 1 fully saturated rings. The van der Waals surface area contributed by atoms with Crippen LogP contribution in [0.2, 0.25) is 0 Å².